The van der Waals surface area contributed by atoms with E-state index in [4.69, 9.17) is 0 Å². The van der Waals surface area contributed by atoms with Gasteiger partial charge in [-0.05, 0) is 31.7 Å². The molecule has 0 spiro atoms. The van der Waals surface area contributed by atoms with E-state index in [-0.39, 0.29) is 5.82 Å². The van der Waals surface area contributed by atoms with Gasteiger partial charge in [-0.1, -0.05) is 11.3 Å². The smallest absolute Gasteiger partial charge is 0.125 e. The molecule has 0 atom stereocenters. The predicted octanol–water partition coefficient (Wildman–Crippen LogP) is 1.43. The maximum atomic E-state index is 13.2. The van der Waals surface area contributed by atoms with Crippen molar-refractivity contribution in [1.29, 1.82) is 0 Å². The molecule has 5 heteroatoms. The van der Waals surface area contributed by atoms with Crippen LogP contribution in [0, 0.1) is 12.7 Å². The van der Waals surface area contributed by atoms with E-state index in [1.54, 1.807) is 16.9 Å². The predicted molar refractivity (Wildman–Crippen MR) is 58.8 cm³/mol. The van der Waals surface area contributed by atoms with Crippen LogP contribution >= 0.6 is 0 Å². The highest BCUT2D eigenvalue weighted by Crippen LogP contribution is 2.16. The Morgan fingerprint density at radius 2 is 2.25 bits per heavy atom. The minimum atomic E-state index is -0.272. The zero-order valence-electron chi connectivity index (χ0n) is 9.24. The molecule has 0 aliphatic heterocycles. The summed E-state index contributed by atoms with van der Waals surface area (Å²) in [5.41, 5.74) is 2.59. The van der Waals surface area contributed by atoms with Crippen LogP contribution in [-0.4, -0.2) is 22.0 Å². The minimum Gasteiger partial charge on any atom is -0.314 e. The van der Waals surface area contributed by atoms with Crippen molar-refractivity contribution in [2.75, 3.05) is 7.05 Å². The van der Waals surface area contributed by atoms with Gasteiger partial charge in [0.2, 0.25) is 0 Å². The van der Waals surface area contributed by atoms with Crippen molar-refractivity contribution in [2.24, 2.45) is 0 Å². The number of benzene rings is 1. The molecule has 1 N–H and O–H groups in total. The van der Waals surface area contributed by atoms with Crippen LogP contribution in [0.1, 0.15) is 11.3 Å². The van der Waals surface area contributed by atoms with Gasteiger partial charge in [-0.15, -0.1) is 5.10 Å². The summed E-state index contributed by atoms with van der Waals surface area (Å²) in [4.78, 5) is 0. The maximum Gasteiger partial charge on any atom is 0.125 e. The number of aryl methyl sites for hydroxylation is 1. The molecule has 0 radical (unpaired) electrons. The number of halogens is 1. The summed E-state index contributed by atoms with van der Waals surface area (Å²) in [6.45, 7) is 2.56. The number of nitrogens with one attached hydrogen (secondary N) is 1. The van der Waals surface area contributed by atoms with E-state index in [0.29, 0.717) is 6.54 Å². The fraction of sp³-hybridized carbons (Fsp3) is 0.273. The molecule has 0 unspecified atom stereocenters. The van der Waals surface area contributed by atoms with E-state index in [1.807, 2.05) is 14.0 Å². The Hall–Kier alpha value is -1.75. The van der Waals surface area contributed by atoms with Crippen LogP contribution in [0.2, 0.25) is 0 Å². The highest BCUT2D eigenvalue weighted by atomic mass is 19.1. The van der Waals surface area contributed by atoms with Gasteiger partial charge in [0.05, 0.1) is 17.6 Å². The Morgan fingerprint density at radius 1 is 1.44 bits per heavy atom. The quantitative estimate of drug-likeness (QED) is 0.851. The second-order valence-corrected chi connectivity index (χ2v) is 3.60. The lowest BCUT2D eigenvalue weighted by atomic mass is 10.2. The molecule has 4 nitrogen and oxygen atoms in total. The zero-order valence-corrected chi connectivity index (χ0v) is 9.24. The Balaban J connectivity index is 2.49. The molecule has 0 amide bonds. The van der Waals surface area contributed by atoms with E-state index in [1.165, 1.54) is 12.1 Å². The van der Waals surface area contributed by atoms with Crippen LogP contribution in [0.3, 0.4) is 0 Å². The molecular weight excluding hydrogens is 207 g/mol. The van der Waals surface area contributed by atoms with E-state index in [2.05, 4.69) is 15.6 Å². The Kier molecular flexibility index (Phi) is 2.96. The summed E-state index contributed by atoms with van der Waals surface area (Å²) in [5, 5.41) is 10.8. The molecule has 16 heavy (non-hydrogen) atoms. The Labute approximate surface area is 93.1 Å². The van der Waals surface area contributed by atoms with Gasteiger partial charge in [0.1, 0.15) is 5.82 Å². The molecule has 0 bridgehead atoms. The topological polar surface area (TPSA) is 42.7 Å². The fourth-order valence-corrected chi connectivity index (χ4v) is 1.57. The molecule has 0 aliphatic carbocycles. The first-order chi connectivity index (χ1) is 7.72. The fourth-order valence-electron chi connectivity index (χ4n) is 1.57. The molecule has 2 aromatic rings. The van der Waals surface area contributed by atoms with Crippen molar-refractivity contribution in [3.8, 4) is 5.69 Å². The lowest BCUT2D eigenvalue weighted by Gasteiger charge is -2.08. The highest BCUT2D eigenvalue weighted by Gasteiger charge is 2.08. The number of hydrogen-bond acceptors (Lipinski definition) is 3. The van der Waals surface area contributed by atoms with E-state index < -0.39 is 0 Å². The summed E-state index contributed by atoms with van der Waals surface area (Å²) >= 11 is 0. The first-order valence-electron chi connectivity index (χ1n) is 5.03. The monoisotopic (exact) mass is 220 g/mol. The molecular formula is C11H13FN4. The van der Waals surface area contributed by atoms with Crippen LogP contribution in [0.15, 0.2) is 24.4 Å². The van der Waals surface area contributed by atoms with Crippen LogP contribution in [0.25, 0.3) is 5.69 Å². The van der Waals surface area contributed by atoms with Gasteiger partial charge in [0, 0.05) is 6.54 Å². The Bertz CT molecular complexity index is 492. The first-order valence-corrected chi connectivity index (χ1v) is 5.03. The third kappa shape index (κ3) is 1.94. The molecule has 1 aromatic carbocycles. The average Bonchev–Trinajstić information content (AvgIpc) is 2.70. The minimum absolute atomic E-state index is 0.272. The lowest BCUT2D eigenvalue weighted by Crippen LogP contribution is -2.12. The Morgan fingerprint density at radius 3 is 3.00 bits per heavy atom. The van der Waals surface area contributed by atoms with Crippen LogP contribution in [0.5, 0.6) is 0 Å². The van der Waals surface area contributed by atoms with Gasteiger partial charge in [0.15, 0.2) is 0 Å². The van der Waals surface area contributed by atoms with E-state index in [9.17, 15) is 4.39 Å². The van der Waals surface area contributed by atoms with Gasteiger partial charge in [-0.2, -0.15) is 0 Å². The van der Waals surface area contributed by atoms with Crippen molar-refractivity contribution >= 4 is 0 Å². The van der Waals surface area contributed by atoms with Crippen molar-refractivity contribution in [2.45, 2.75) is 13.5 Å². The largest absolute Gasteiger partial charge is 0.314 e. The molecule has 0 fully saturated rings. The van der Waals surface area contributed by atoms with E-state index in [0.717, 1.165) is 16.9 Å². The summed E-state index contributed by atoms with van der Waals surface area (Å²) in [6.07, 6.45) is 1.67. The standard InChI is InChI=1S/C11H13FN4/c1-8-3-4-9(12)5-11(8)16-10(6-13-2)7-14-15-16/h3-5,7,13H,6H2,1-2H3. The SMILES string of the molecule is CNCc1cnnn1-c1cc(F)ccc1C. The molecule has 1 aromatic heterocycles. The van der Waals surface area contributed by atoms with Gasteiger partial charge < -0.3 is 5.32 Å². The van der Waals surface area contributed by atoms with Crippen molar-refractivity contribution in [1.82, 2.24) is 20.3 Å². The highest BCUT2D eigenvalue weighted by molar-refractivity contribution is 5.40. The molecule has 84 valence electrons. The number of rotatable bonds is 3. The van der Waals surface area contributed by atoms with Gasteiger partial charge in [-0.25, -0.2) is 9.07 Å². The molecule has 0 aliphatic rings. The van der Waals surface area contributed by atoms with Crippen LogP contribution in [-0.2, 0) is 6.54 Å². The second-order valence-electron chi connectivity index (χ2n) is 3.60. The first kappa shape index (κ1) is 10.8. The van der Waals surface area contributed by atoms with Crippen LogP contribution < -0.4 is 5.32 Å². The third-order valence-corrected chi connectivity index (χ3v) is 2.38. The van der Waals surface area contributed by atoms with Crippen LogP contribution in [0.4, 0.5) is 4.39 Å². The third-order valence-electron chi connectivity index (χ3n) is 2.38. The van der Waals surface area contributed by atoms with Crippen molar-refractivity contribution in [3.63, 3.8) is 0 Å². The average molecular weight is 220 g/mol. The van der Waals surface area contributed by atoms with E-state index >= 15 is 0 Å². The molecule has 0 saturated heterocycles. The van der Waals surface area contributed by atoms with Gasteiger partial charge >= 0.3 is 0 Å². The molecule has 1 heterocycles. The summed E-state index contributed by atoms with van der Waals surface area (Å²) in [6, 6.07) is 4.63. The number of hydrogen-bond donors (Lipinski definition) is 1. The second kappa shape index (κ2) is 4.40. The molecule has 2 rings (SSSR count). The number of aromatic nitrogens is 3. The number of nitrogens with zero attached hydrogens (tertiary/aromatic N) is 3. The summed E-state index contributed by atoms with van der Waals surface area (Å²) < 4.78 is 14.8. The van der Waals surface area contributed by atoms with Crippen molar-refractivity contribution in [3.05, 3.63) is 41.5 Å². The summed E-state index contributed by atoms with van der Waals surface area (Å²) in [5.74, 6) is -0.272. The zero-order chi connectivity index (χ0) is 11.5. The molecule has 0 saturated carbocycles. The van der Waals surface area contributed by atoms with Crippen molar-refractivity contribution < 1.29 is 4.39 Å². The normalized spacial score (nSPS) is 10.7. The maximum absolute atomic E-state index is 13.2. The summed E-state index contributed by atoms with van der Waals surface area (Å²) in [7, 11) is 1.84. The van der Waals surface area contributed by atoms with Gasteiger partial charge in [-0.3, -0.25) is 0 Å². The lowest BCUT2D eigenvalue weighted by molar-refractivity contribution is 0.622. The van der Waals surface area contributed by atoms with Gasteiger partial charge in [0.25, 0.3) is 0 Å².